The molecule has 0 aliphatic heterocycles. The van der Waals surface area contributed by atoms with Crippen LogP contribution < -0.4 is 5.73 Å². The summed E-state index contributed by atoms with van der Waals surface area (Å²) >= 11 is 1.59. The highest BCUT2D eigenvalue weighted by Crippen LogP contribution is 2.35. The molecule has 17 heavy (non-hydrogen) atoms. The Morgan fingerprint density at radius 2 is 1.65 bits per heavy atom. The molecule has 0 fully saturated rings. The number of nitrogens with two attached hydrogens (primary N) is 1. The second-order valence-corrected chi connectivity index (χ2v) is 4.95. The first-order valence-electron chi connectivity index (χ1n) is 5.47. The molecule has 0 bridgehead atoms. The average Bonchev–Trinajstić information content (AvgIpc) is 2.38. The largest absolute Gasteiger partial charge is 0.329 e. The van der Waals surface area contributed by atoms with E-state index in [0.29, 0.717) is 12.1 Å². The molecule has 0 aromatic heterocycles. The van der Waals surface area contributed by atoms with Gasteiger partial charge in [-0.05, 0) is 18.2 Å². The summed E-state index contributed by atoms with van der Waals surface area (Å²) in [5.41, 5.74) is 6.40. The summed E-state index contributed by atoms with van der Waals surface area (Å²) in [5, 5.41) is -0.0430. The van der Waals surface area contributed by atoms with E-state index in [2.05, 4.69) is 0 Å². The zero-order chi connectivity index (χ0) is 12.1. The SMILES string of the molecule is NCC(Sc1ccccc1)c1ccccc1F. The van der Waals surface area contributed by atoms with Crippen LogP contribution in [0.5, 0.6) is 0 Å². The zero-order valence-electron chi connectivity index (χ0n) is 9.34. The number of hydrogen-bond donors (Lipinski definition) is 1. The first kappa shape index (κ1) is 12.1. The van der Waals surface area contributed by atoms with Crippen LogP contribution in [0.3, 0.4) is 0 Å². The number of hydrogen-bond acceptors (Lipinski definition) is 2. The molecule has 0 saturated heterocycles. The maximum atomic E-state index is 13.7. The van der Waals surface area contributed by atoms with E-state index < -0.39 is 0 Å². The van der Waals surface area contributed by atoms with E-state index >= 15 is 0 Å². The molecule has 1 atom stereocenters. The zero-order valence-corrected chi connectivity index (χ0v) is 10.2. The Hall–Kier alpha value is -1.32. The van der Waals surface area contributed by atoms with Crippen molar-refractivity contribution in [3.05, 3.63) is 66.0 Å². The minimum Gasteiger partial charge on any atom is -0.329 e. The van der Waals surface area contributed by atoms with Crippen molar-refractivity contribution in [3.8, 4) is 0 Å². The quantitative estimate of drug-likeness (QED) is 0.835. The summed E-state index contributed by atoms with van der Waals surface area (Å²) in [7, 11) is 0. The summed E-state index contributed by atoms with van der Waals surface area (Å²) in [6.45, 7) is 0.417. The molecule has 0 spiro atoms. The van der Waals surface area contributed by atoms with Gasteiger partial charge in [-0.2, -0.15) is 0 Å². The van der Waals surface area contributed by atoms with Crippen LogP contribution >= 0.6 is 11.8 Å². The third kappa shape index (κ3) is 3.08. The molecule has 1 unspecified atom stereocenters. The van der Waals surface area contributed by atoms with E-state index in [4.69, 9.17) is 5.73 Å². The third-order valence-electron chi connectivity index (χ3n) is 2.49. The number of halogens is 1. The number of rotatable bonds is 4. The van der Waals surface area contributed by atoms with Gasteiger partial charge < -0.3 is 5.73 Å². The van der Waals surface area contributed by atoms with Gasteiger partial charge in [-0.15, -0.1) is 11.8 Å². The molecule has 0 aliphatic rings. The van der Waals surface area contributed by atoms with E-state index in [1.54, 1.807) is 23.9 Å². The highest BCUT2D eigenvalue weighted by molar-refractivity contribution is 7.99. The molecule has 88 valence electrons. The van der Waals surface area contributed by atoms with Crippen molar-refractivity contribution in [2.24, 2.45) is 5.73 Å². The summed E-state index contributed by atoms with van der Waals surface area (Å²) in [6, 6.07) is 16.7. The van der Waals surface area contributed by atoms with Crippen molar-refractivity contribution in [3.63, 3.8) is 0 Å². The monoisotopic (exact) mass is 247 g/mol. The van der Waals surface area contributed by atoms with E-state index in [0.717, 1.165) is 4.90 Å². The first-order valence-corrected chi connectivity index (χ1v) is 6.35. The van der Waals surface area contributed by atoms with E-state index in [-0.39, 0.29) is 11.1 Å². The molecule has 0 heterocycles. The number of thioether (sulfide) groups is 1. The van der Waals surface area contributed by atoms with Gasteiger partial charge >= 0.3 is 0 Å². The van der Waals surface area contributed by atoms with Gasteiger partial charge in [-0.3, -0.25) is 0 Å². The molecule has 1 nitrogen and oxygen atoms in total. The Balaban J connectivity index is 2.21. The Labute approximate surface area is 105 Å². The van der Waals surface area contributed by atoms with Crippen molar-refractivity contribution in [1.29, 1.82) is 0 Å². The molecule has 2 N–H and O–H groups in total. The van der Waals surface area contributed by atoms with Crippen molar-refractivity contribution in [2.45, 2.75) is 10.1 Å². The van der Waals surface area contributed by atoms with Crippen molar-refractivity contribution < 1.29 is 4.39 Å². The Morgan fingerprint density at radius 1 is 1.00 bits per heavy atom. The fourth-order valence-corrected chi connectivity index (χ4v) is 2.70. The van der Waals surface area contributed by atoms with Crippen LogP contribution in [-0.2, 0) is 0 Å². The van der Waals surface area contributed by atoms with Crippen LogP contribution in [-0.4, -0.2) is 6.54 Å². The van der Waals surface area contributed by atoms with Crippen LogP contribution in [0.25, 0.3) is 0 Å². The van der Waals surface area contributed by atoms with Gasteiger partial charge in [0.05, 0.1) is 0 Å². The van der Waals surface area contributed by atoms with E-state index in [1.165, 1.54) is 6.07 Å². The highest BCUT2D eigenvalue weighted by atomic mass is 32.2. The molecular weight excluding hydrogens is 233 g/mol. The van der Waals surface area contributed by atoms with E-state index in [1.807, 2.05) is 36.4 Å². The minimum atomic E-state index is -0.189. The molecular formula is C14H14FNS. The van der Waals surface area contributed by atoms with Crippen LogP contribution in [0.1, 0.15) is 10.8 Å². The predicted octanol–water partition coefficient (Wildman–Crippen LogP) is 3.62. The Morgan fingerprint density at radius 3 is 2.29 bits per heavy atom. The topological polar surface area (TPSA) is 26.0 Å². The number of benzene rings is 2. The third-order valence-corrected chi connectivity index (χ3v) is 3.76. The minimum absolute atomic E-state index is 0.0430. The second-order valence-electron chi connectivity index (χ2n) is 3.68. The fourth-order valence-electron chi connectivity index (χ4n) is 1.64. The molecule has 2 aromatic carbocycles. The van der Waals surface area contributed by atoms with Crippen molar-refractivity contribution in [1.82, 2.24) is 0 Å². The van der Waals surface area contributed by atoms with Crippen LogP contribution in [0.2, 0.25) is 0 Å². The first-order chi connectivity index (χ1) is 8.31. The van der Waals surface area contributed by atoms with Gasteiger partial charge in [-0.1, -0.05) is 36.4 Å². The lowest BCUT2D eigenvalue weighted by Crippen LogP contribution is -2.10. The van der Waals surface area contributed by atoms with Crippen LogP contribution in [0.15, 0.2) is 59.5 Å². The Bertz CT molecular complexity index is 473. The van der Waals surface area contributed by atoms with Gasteiger partial charge in [0, 0.05) is 22.3 Å². The lowest BCUT2D eigenvalue weighted by Gasteiger charge is -2.15. The van der Waals surface area contributed by atoms with Crippen molar-refractivity contribution >= 4 is 11.8 Å². The molecule has 2 aromatic rings. The smallest absolute Gasteiger partial charge is 0.127 e. The molecule has 0 saturated carbocycles. The predicted molar refractivity (Wildman–Crippen MR) is 70.5 cm³/mol. The highest BCUT2D eigenvalue weighted by Gasteiger charge is 2.14. The lowest BCUT2D eigenvalue weighted by molar-refractivity contribution is 0.608. The van der Waals surface area contributed by atoms with Gasteiger partial charge in [-0.25, -0.2) is 4.39 Å². The molecule has 0 aliphatic carbocycles. The summed E-state index contributed by atoms with van der Waals surface area (Å²) in [4.78, 5) is 1.10. The van der Waals surface area contributed by atoms with Gasteiger partial charge in [0.25, 0.3) is 0 Å². The van der Waals surface area contributed by atoms with Crippen LogP contribution in [0, 0.1) is 5.82 Å². The van der Waals surface area contributed by atoms with Gasteiger partial charge in [0.2, 0.25) is 0 Å². The maximum Gasteiger partial charge on any atom is 0.127 e. The van der Waals surface area contributed by atoms with Crippen molar-refractivity contribution in [2.75, 3.05) is 6.54 Å². The van der Waals surface area contributed by atoms with Gasteiger partial charge in [0.1, 0.15) is 5.82 Å². The lowest BCUT2D eigenvalue weighted by atomic mass is 10.1. The summed E-state index contributed by atoms with van der Waals surface area (Å²) < 4.78 is 13.7. The second kappa shape index (κ2) is 5.84. The maximum absolute atomic E-state index is 13.7. The summed E-state index contributed by atoms with van der Waals surface area (Å²) in [6.07, 6.45) is 0. The Kier molecular flexibility index (Phi) is 4.18. The fraction of sp³-hybridized carbons (Fsp3) is 0.143. The molecule has 0 radical (unpaired) electrons. The molecule has 2 rings (SSSR count). The van der Waals surface area contributed by atoms with E-state index in [9.17, 15) is 4.39 Å². The average molecular weight is 247 g/mol. The standard InChI is InChI=1S/C14H14FNS/c15-13-9-5-4-8-12(13)14(10-16)17-11-6-2-1-3-7-11/h1-9,14H,10,16H2. The molecule has 0 amide bonds. The summed E-state index contributed by atoms with van der Waals surface area (Å²) in [5.74, 6) is -0.189. The molecule has 3 heteroatoms. The normalized spacial score (nSPS) is 12.4. The van der Waals surface area contributed by atoms with Gasteiger partial charge in [0.15, 0.2) is 0 Å². The van der Waals surface area contributed by atoms with Crippen LogP contribution in [0.4, 0.5) is 4.39 Å².